The van der Waals surface area contributed by atoms with Crippen LogP contribution in [0.5, 0.6) is 5.75 Å². The Balaban J connectivity index is 2.13. The van der Waals surface area contributed by atoms with E-state index >= 15 is 0 Å². The summed E-state index contributed by atoms with van der Waals surface area (Å²) in [5, 5.41) is 7.75. The number of ether oxygens (including phenoxy) is 2. The number of rotatable bonds is 3. The fourth-order valence-electron chi connectivity index (χ4n) is 2.03. The molecule has 106 valence electrons. The first-order chi connectivity index (χ1) is 10.2. The van der Waals surface area contributed by atoms with Gasteiger partial charge in [0.25, 0.3) is 0 Å². The van der Waals surface area contributed by atoms with Crippen LogP contribution in [0.25, 0.3) is 16.9 Å². The zero-order valence-corrected chi connectivity index (χ0v) is 11.6. The average molecular weight is 283 g/mol. The third kappa shape index (κ3) is 2.18. The highest BCUT2D eigenvalue weighted by atomic mass is 16.5. The lowest BCUT2D eigenvalue weighted by Crippen LogP contribution is -2.06. The molecule has 21 heavy (non-hydrogen) atoms. The van der Waals surface area contributed by atoms with Gasteiger partial charge < -0.3 is 9.47 Å². The zero-order chi connectivity index (χ0) is 14.8. The Kier molecular flexibility index (Phi) is 3.23. The van der Waals surface area contributed by atoms with E-state index in [9.17, 15) is 0 Å². The van der Waals surface area contributed by atoms with Gasteiger partial charge in [-0.25, -0.2) is 15.0 Å². The van der Waals surface area contributed by atoms with E-state index in [0.29, 0.717) is 16.9 Å². The Labute approximate surface area is 120 Å². The first kappa shape index (κ1) is 13.0. The summed E-state index contributed by atoms with van der Waals surface area (Å²) in [4.78, 5) is 12.6. The molecule has 0 bridgehead atoms. The highest BCUT2D eigenvalue weighted by Gasteiger charge is 2.14. The van der Waals surface area contributed by atoms with E-state index < -0.39 is 0 Å². The van der Waals surface area contributed by atoms with E-state index in [1.54, 1.807) is 13.4 Å². The molecule has 0 saturated heterocycles. The second-order valence-corrected chi connectivity index (χ2v) is 4.24. The summed E-state index contributed by atoms with van der Waals surface area (Å²) in [6.07, 6.45) is 3.04. The van der Waals surface area contributed by atoms with Crippen molar-refractivity contribution in [2.24, 2.45) is 0 Å². The number of fused-ring (bicyclic) bond motifs is 1. The average Bonchev–Trinajstić information content (AvgIpc) is 2.98. The van der Waals surface area contributed by atoms with Gasteiger partial charge >= 0.3 is 0 Å². The number of hydrogen-bond acceptors (Lipinski definition) is 6. The van der Waals surface area contributed by atoms with E-state index in [0.717, 1.165) is 11.4 Å². The van der Waals surface area contributed by atoms with Crippen LogP contribution in [0.4, 0.5) is 0 Å². The lowest BCUT2D eigenvalue weighted by atomic mass is 10.3. The van der Waals surface area contributed by atoms with Crippen LogP contribution in [-0.2, 0) is 4.74 Å². The highest BCUT2D eigenvalue weighted by molar-refractivity contribution is 6.00. The Morgan fingerprint density at radius 3 is 2.52 bits per heavy atom. The minimum absolute atomic E-state index is 0.0395. The van der Waals surface area contributed by atoms with Crippen LogP contribution < -0.4 is 4.74 Å². The summed E-state index contributed by atoms with van der Waals surface area (Å²) >= 11 is 0. The Morgan fingerprint density at radius 1 is 1.10 bits per heavy atom. The van der Waals surface area contributed by atoms with E-state index in [1.165, 1.54) is 13.4 Å². The van der Waals surface area contributed by atoms with Gasteiger partial charge in [-0.2, -0.15) is 0 Å². The van der Waals surface area contributed by atoms with Crippen LogP contribution in [0.1, 0.15) is 5.69 Å². The quantitative estimate of drug-likeness (QED) is 0.585. The summed E-state index contributed by atoms with van der Waals surface area (Å²) in [6, 6.07) is 7.54. The number of aromatic nitrogens is 4. The Bertz CT molecular complexity index is 795. The number of methoxy groups -OCH3 is 2. The molecule has 7 nitrogen and oxygen atoms in total. The number of imidazole rings is 1. The third-order valence-corrected chi connectivity index (χ3v) is 3.10. The molecule has 0 radical (unpaired) electrons. The second-order valence-electron chi connectivity index (χ2n) is 4.24. The minimum atomic E-state index is -0.0395. The summed E-state index contributed by atoms with van der Waals surface area (Å²) < 4.78 is 11.9. The lowest BCUT2D eigenvalue weighted by molar-refractivity contribution is 0.400. The summed E-state index contributed by atoms with van der Waals surface area (Å²) in [5.74, 6) is 0.738. The molecule has 1 N–H and O–H groups in total. The van der Waals surface area contributed by atoms with Gasteiger partial charge in [0, 0.05) is 5.69 Å². The number of hydrogen-bond donors (Lipinski definition) is 1. The summed E-state index contributed by atoms with van der Waals surface area (Å²) in [5.41, 5.74) is 2.41. The van der Waals surface area contributed by atoms with E-state index in [-0.39, 0.29) is 5.90 Å². The summed E-state index contributed by atoms with van der Waals surface area (Å²) in [7, 11) is 3.05. The SMILES string of the molecule is COC(=N)c1ncnc2c1ncn2-c1ccc(OC)cc1. The monoisotopic (exact) mass is 283 g/mol. The first-order valence-electron chi connectivity index (χ1n) is 6.20. The molecule has 3 aromatic rings. The largest absolute Gasteiger partial charge is 0.497 e. The van der Waals surface area contributed by atoms with Crippen LogP contribution in [0.15, 0.2) is 36.9 Å². The van der Waals surface area contributed by atoms with Crippen molar-refractivity contribution >= 4 is 17.1 Å². The predicted octanol–water partition coefficient (Wildman–Crippen LogP) is 1.80. The second kappa shape index (κ2) is 5.20. The molecule has 0 fully saturated rings. The van der Waals surface area contributed by atoms with Gasteiger partial charge in [0.1, 0.15) is 23.9 Å². The molecule has 0 unspecified atom stereocenters. The maximum atomic E-state index is 7.75. The molecule has 0 aliphatic carbocycles. The minimum Gasteiger partial charge on any atom is -0.497 e. The van der Waals surface area contributed by atoms with Crippen molar-refractivity contribution in [1.29, 1.82) is 5.41 Å². The maximum absolute atomic E-state index is 7.75. The van der Waals surface area contributed by atoms with E-state index in [2.05, 4.69) is 15.0 Å². The van der Waals surface area contributed by atoms with Crippen molar-refractivity contribution in [2.75, 3.05) is 14.2 Å². The highest BCUT2D eigenvalue weighted by Crippen LogP contribution is 2.20. The van der Waals surface area contributed by atoms with Crippen LogP contribution in [0.2, 0.25) is 0 Å². The smallest absolute Gasteiger partial charge is 0.234 e. The molecule has 0 spiro atoms. The fraction of sp³-hybridized carbons (Fsp3) is 0.143. The van der Waals surface area contributed by atoms with Gasteiger partial charge in [-0.15, -0.1) is 0 Å². The zero-order valence-electron chi connectivity index (χ0n) is 11.6. The molecule has 0 amide bonds. The molecule has 0 atom stereocenters. The van der Waals surface area contributed by atoms with Crippen molar-refractivity contribution in [3.8, 4) is 11.4 Å². The van der Waals surface area contributed by atoms with Crippen molar-refractivity contribution in [3.63, 3.8) is 0 Å². The summed E-state index contributed by atoms with van der Waals surface area (Å²) in [6.45, 7) is 0. The maximum Gasteiger partial charge on any atom is 0.234 e. The van der Waals surface area contributed by atoms with Gasteiger partial charge in [0.15, 0.2) is 11.3 Å². The number of benzene rings is 1. The molecule has 0 saturated carbocycles. The normalized spacial score (nSPS) is 10.6. The van der Waals surface area contributed by atoms with Crippen LogP contribution in [0, 0.1) is 5.41 Å². The van der Waals surface area contributed by atoms with Gasteiger partial charge in [-0.3, -0.25) is 9.98 Å². The molecule has 2 heterocycles. The lowest BCUT2D eigenvalue weighted by Gasteiger charge is -2.06. The fourth-order valence-corrected chi connectivity index (χ4v) is 2.03. The van der Waals surface area contributed by atoms with Gasteiger partial charge in [-0.1, -0.05) is 0 Å². The van der Waals surface area contributed by atoms with Crippen molar-refractivity contribution in [3.05, 3.63) is 42.6 Å². The van der Waals surface area contributed by atoms with Crippen LogP contribution in [-0.4, -0.2) is 39.6 Å². The van der Waals surface area contributed by atoms with Crippen molar-refractivity contribution in [1.82, 2.24) is 19.5 Å². The van der Waals surface area contributed by atoms with Crippen LogP contribution >= 0.6 is 0 Å². The van der Waals surface area contributed by atoms with Crippen LogP contribution in [0.3, 0.4) is 0 Å². The van der Waals surface area contributed by atoms with Gasteiger partial charge in [0.2, 0.25) is 5.90 Å². The topological polar surface area (TPSA) is 85.9 Å². The predicted molar refractivity (Wildman–Crippen MR) is 77.0 cm³/mol. The molecule has 0 aliphatic rings. The third-order valence-electron chi connectivity index (χ3n) is 3.10. The first-order valence-corrected chi connectivity index (χ1v) is 6.20. The van der Waals surface area contributed by atoms with E-state index in [4.69, 9.17) is 14.9 Å². The Hall–Kier alpha value is -2.96. The number of nitrogens with one attached hydrogen (secondary N) is 1. The van der Waals surface area contributed by atoms with Gasteiger partial charge in [-0.05, 0) is 24.3 Å². The van der Waals surface area contributed by atoms with Crippen molar-refractivity contribution in [2.45, 2.75) is 0 Å². The molecular weight excluding hydrogens is 270 g/mol. The molecular formula is C14H13N5O2. The molecule has 1 aromatic carbocycles. The Morgan fingerprint density at radius 2 is 1.86 bits per heavy atom. The molecule has 2 aromatic heterocycles. The molecule has 7 heteroatoms. The van der Waals surface area contributed by atoms with Crippen molar-refractivity contribution < 1.29 is 9.47 Å². The van der Waals surface area contributed by atoms with E-state index in [1.807, 2.05) is 28.8 Å². The molecule has 0 aliphatic heterocycles. The number of nitrogens with zero attached hydrogens (tertiary/aromatic N) is 4. The molecule has 3 rings (SSSR count). The van der Waals surface area contributed by atoms with Gasteiger partial charge in [0.05, 0.1) is 14.2 Å². The standard InChI is InChI=1S/C14H13N5O2/c1-20-10-5-3-9(4-6-10)19-8-18-12-11(13(15)21-2)16-7-17-14(12)19/h3-8,15H,1-2H3.